The molecule has 1 aromatic heterocycles. The minimum atomic E-state index is -2.63. The van der Waals surface area contributed by atoms with Gasteiger partial charge in [0, 0.05) is 11.3 Å². The number of hydrogen-bond donors (Lipinski definition) is 1. The van der Waals surface area contributed by atoms with E-state index in [2.05, 4.69) is 5.10 Å². The second-order valence-corrected chi connectivity index (χ2v) is 5.27. The van der Waals surface area contributed by atoms with Crippen molar-refractivity contribution in [1.82, 2.24) is 9.78 Å². The molecule has 0 bridgehead atoms. The Labute approximate surface area is 117 Å². The number of nitrogens with zero attached hydrogens (tertiary/aromatic N) is 2. The van der Waals surface area contributed by atoms with Gasteiger partial charge in [0.2, 0.25) is 0 Å². The number of rotatable bonds is 4. The number of aryl methyl sites for hydroxylation is 1. The number of alkyl halides is 2. The summed E-state index contributed by atoms with van der Waals surface area (Å²) in [6.45, 7) is 5.40. The molecule has 0 spiro atoms. The molecule has 2 rings (SSSR count). The molecule has 0 amide bonds. The van der Waals surface area contributed by atoms with E-state index in [1.807, 2.05) is 30.3 Å². The molecule has 1 heterocycles. The first kappa shape index (κ1) is 14.7. The van der Waals surface area contributed by atoms with E-state index in [-0.39, 0.29) is 0 Å². The zero-order chi connectivity index (χ0) is 14.9. The van der Waals surface area contributed by atoms with E-state index < -0.39 is 12.0 Å². The predicted molar refractivity (Wildman–Crippen MR) is 74.8 cm³/mol. The molecule has 20 heavy (non-hydrogen) atoms. The molecule has 0 radical (unpaired) electrons. The van der Waals surface area contributed by atoms with Gasteiger partial charge in [-0.15, -0.1) is 0 Å². The fourth-order valence-corrected chi connectivity index (χ4v) is 2.50. The van der Waals surface area contributed by atoms with Gasteiger partial charge in [-0.1, -0.05) is 30.3 Å². The van der Waals surface area contributed by atoms with Crippen molar-refractivity contribution in [3.8, 4) is 0 Å². The molecular weight excluding hydrogens is 260 g/mol. The molecule has 2 N–H and O–H groups in total. The van der Waals surface area contributed by atoms with Crippen LogP contribution in [-0.2, 0) is 12.1 Å². The lowest BCUT2D eigenvalue weighted by molar-refractivity contribution is 0.0617. The summed E-state index contributed by atoms with van der Waals surface area (Å²) < 4.78 is 28.0. The fourth-order valence-electron chi connectivity index (χ4n) is 2.50. The minimum Gasteiger partial charge on any atom is -0.317 e. The summed E-state index contributed by atoms with van der Waals surface area (Å²) in [5, 5.41) is 4.36. The molecule has 0 saturated heterocycles. The Morgan fingerprint density at radius 2 is 1.85 bits per heavy atom. The van der Waals surface area contributed by atoms with Crippen LogP contribution in [-0.4, -0.2) is 16.2 Å². The van der Waals surface area contributed by atoms with Crippen LogP contribution in [0.4, 0.5) is 8.78 Å². The summed E-state index contributed by atoms with van der Waals surface area (Å²) in [5.41, 5.74) is 6.86. The number of benzene rings is 1. The summed E-state index contributed by atoms with van der Waals surface area (Å²) in [5.74, 6) is 0. The molecule has 1 aromatic carbocycles. The SMILES string of the molecule is Cc1nn(Cc2ccccc2)c(C)c1C(C)(N)C(F)F. The van der Waals surface area contributed by atoms with Crippen LogP contribution in [0.1, 0.15) is 29.4 Å². The van der Waals surface area contributed by atoms with E-state index in [1.54, 1.807) is 18.5 Å². The van der Waals surface area contributed by atoms with Crippen molar-refractivity contribution in [1.29, 1.82) is 0 Å². The van der Waals surface area contributed by atoms with Gasteiger partial charge in [0.15, 0.2) is 0 Å². The molecule has 0 fully saturated rings. The van der Waals surface area contributed by atoms with Crippen molar-refractivity contribution in [3.63, 3.8) is 0 Å². The Balaban J connectivity index is 2.39. The Hall–Kier alpha value is -1.75. The largest absolute Gasteiger partial charge is 0.317 e. The van der Waals surface area contributed by atoms with Crippen LogP contribution in [0.5, 0.6) is 0 Å². The van der Waals surface area contributed by atoms with E-state index in [1.165, 1.54) is 6.92 Å². The molecule has 1 unspecified atom stereocenters. The van der Waals surface area contributed by atoms with Crippen molar-refractivity contribution in [2.24, 2.45) is 5.73 Å². The predicted octanol–water partition coefficient (Wildman–Crippen LogP) is 2.99. The van der Waals surface area contributed by atoms with Crippen LogP contribution in [0.25, 0.3) is 0 Å². The molecule has 2 aromatic rings. The fraction of sp³-hybridized carbons (Fsp3) is 0.400. The maximum atomic E-state index is 13.1. The van der Waals surface area contributed by atoms with Gasteiger partial charge in [0.25, 0.3) is 6.43 Å². The molecule has 108 valence electrons. The monoisotopic (exact) mass is 279 g/mol. The van der Waals surface area contributed by atoms with E-state index in [9.17, 15) is 8.78 Å². The van der Waals surface area contributed by atoms with Crippen molar-refractivity contribution in [2.75, 3.05) is 0 Å². The van der Waals surface area contributed by atoms with E-state index >= 15 is 0 Å². The average Bonchev–Trinajstić information content (AvgIpc) is 2.65. The molecule has 0 aliphatic carbocycles. The summed E-state index contributed by atoms with van der Waals surface area (Å²) in [6, 6.07) is 9.77. The number of nitrogens with two attached hydrogens (primary N) is 1. The van der Waals surface area contributed by atoms with Crippen LogP contribution in [0.15, 0.2) is 30.3 Å². The van der Waals surface area contributed by atoms with E-state index in [0.717, 1.165) is 5.56 Å². The van der Waals surface area contributed by atoms with Crippen molar-refractivity contribution >= 4 is 0 Å². The summed E-state index contributed by atoms with van der Waals surface area (Å²) in [4.78, 5) is 0. The van der Waals surface area contributed by atoms with Crippen molar-refractivity contribution < 1.29 is 8.78 Å². The van der Waals surface area contributed by atoms with Crippen molar-refractivity contribution in [2.45, 2.75) is 39.3 Å². The molecule has 0 aliphatic heterocycles. The molecule has 5 heteroatoms. The van der Waals surface area contributed by atoms with Gasteiger partial charge < -0.3 is 5.73 Å². The molecule has 0 aliphatic rings. The van der Waals surface area contributed by atoms with Crippen LogP contribution in [0.2, 0.25) is 0 Å². The quantitative estimate of drug-likeness (QED) is 0.935. The van der Waals surface area contributed by atoms with E-state index in [4.69, 9.17) is 5.73 Å². The number of halogens is 2. The molecule has 0 saturated carbocycles. The highest BCUT2D eigenvalue weighted by atomic mass is 19.3. The number of hydrogen-bond acceptors (Lipinski definition) is 2. The third-order valence-corrected chi connectivity index (χ3v) is 3.55. The second kappa shape index (κ2) is 5.32. The maximum absolute atomic E-state index is 13.1. The number of aromatic nitrogens is 2. The van der Waals surface area contributed by atoms with Gasteiger partial charge in [-0.2, -0.15) is 5.10 Å². The zero-order valence-electron chi connectivity index (χ0n) is 11.9. The highest BCUT2D eigenvalue weighted by molar-refractivity contribution is 5.33. The van der Waals surface area contributed by atoms with Gasteiger partial charge in [0.05, 0.1) is 12.2 Å². The van der Waals surface area contributed by atoms with Crippen LogP contribution in [0, 0.1) is 13.8 Å². The van der Waals surface area contributed by atoms with Gasteiger partial charge in [-0.3, -0.25) is 4.68 Å². The smallest absolute Gasteiger partial charge is 0.260 e. The topological polar surface area (TPSA) is 43.8 Å². The highest BCUT2D eigenvalue weighted by Gasteiger charge is 2.37. The highest BCUT2D eigenvalue weighted by Crippen LogP contribution is 2.30. The Morgan fingerprint density at radius 3 is 2.40 bits per heavy atom. The minimum absolute atomic E-state index is 0.434. The van der Waals surface area contributed by atoms with Crippen LogP contribution in [0.3, 0.4) is 0 Å². The zero-order valence-corrected chi connectivity index (χ0v) is 11.9. The van der Waals surface area contributed by atoms with E-state index in [0.29, 0.717) is 23.5 Å². The maximum Gasteiger partial charge on any atom is 0.260 e. The first-order chi connectivity index (χ1) is 9.34. The summed E-state index contributed by atoms with van der Waals surface area (Å²) in [6.07, 6.45) is -2.63. The van der Waals surface area contributed by atoms with Crippen LogP contribution >= 0.6 is 0 Å². The van der Waals surface area contributed by atoms with Crippen LogP contribution < -0.4 is 5.73 Å². The van der Waals surface area contributed by atoms with Gasteiger partial charge in [-0.25, -0.2) is 8.78 Å². The first-order valence-corrected chi connectivity index (χ1v) is 6.49. The average molecular weight is 279 g/mol. The van der Waals surface area contributed by atoms with Gasteiger partial charge >= 0.3 is 0 Å². The normalized spacial score (nSPS) is 14.6. The standard InChI is InChI=1S/C15H19F2N3/c1-10-13(15(3,18)14(16)17)11(2)20(19-10)9-12-7-5-4-6-8-12/h4-8,14H,9,18H2,1-3H3. The lowest BCUT2D eigenvalue weighted by Crippen LogP contribution is -2.41. The van der Waals surface area contributed by atoms with Gasteiger partial charge in [-0.05, 0) is 26.3 Å². The molecular formula is C15H19F2N3. The summed E-state index contributed by atoms with van der Waals surface area (Å²) >= 11 is 0. The lowest BCUT2D eigenvalue weighted by Gasteiger charge is -2.24. The Bertz CT molecular complexity index is 589. The Kier molecular flexibility index (Phi) is 3.90. The molecule has 1 atom stereocenters. The first-order valence-electron chi connectivity index (χ1n) is 6.49. The van der Waals surface area contributed by atoms with Gasteiger partial charge in [0.1, 0.15) is 5.54 Å². The molecule has 3 nitrogen and oxygen atoms in total. The third-order valence-electron chi connectivity index (χ3n) is 3.55. The second-order valence-electron chi connectivity index (χ2n) is 5.27. The summed E-state index contributed by atoms with van der Waals surface area (Å²) in [7, 11) is 0. The lowest BCUT2D eigenvalue weighted by atomic mass is 9.92. The van der Waals surface area contributed by atoms with Crippen molar-refractivity contribution in [3.05, 3.63) is 52.8 Å². The Morgan fingerprint density at radius 1 is 1.25 bits per heavy atom. The third kappa shape index (κ3) is 2.58.